The summed E-state index contributed by atoms with van der Waals surface area (Å²) in [5.74, 6) is -2.28. The van der Waals surface area contributed by atoms with Crippen molar-refractivity contribution >= 4 is 23.8 Å². The first-order valence-corrected chi connectivity index (χ1v) is 28.2. The second-order valence-electron chi connectivity index (χ2n) is 19.4. The lowest BCUT2D eigenvalue weighted by Gasteiger charge is -2.18. The van der Waals surface area contributed by atoms with Crippen molar-refractivity contribution in [3.8, 4) is 0 Å². The minimum absolute atomic E-state index is 0.0282. The molecule has 0 fully saturated rings. The van der Waals surface area contributed by atoms with Crippen molar-refractivity contribution in [2.75, 3.05) is 13.2 Å². The van der Waals surface area contributed by atoms with Crippen LogP contribution in [0.5, 0.6) is 0 Å². The van der Waals surface area contributed by atoms with Crippen LogP contribution >= 0.6 is 0 Å². The van der Waals surface area contributed by atoms with Gasteiger partial charge in [0.2, 0.25) is 11.8 Å². The molecule has 2 amide bonds. The zero-order chi connectivity index (χ0) is 48.2. The van der Waals surface area contributed by atoms with Gasteiger partial charge in [-0.25, -0.2) is 4.79 Å². The average Bonchev–Trinajstić information content (AvgIpc) is 3.30. The number of carboxylic acid groups (broad SMARTS) is 1. The summed E-state index contributed by atoms with van der Waals surface area (Å²) in [6.07, 6.45) is 60.8. The Hall–Kier alpha value is -2.68. The number of hydrogen-bond acceptors (Lipinski definition) is 6. The molecule has 386 valence electrons. The predicted molar refractivity (Wildman–Crippen MR) is 278 cm³/mol. The average molecular weight is 931 g/mol. The lowest BCUT2D eigenvalue weighted by molar-refractivity contribution is -0.150. The van der Waals surface area contributed by atoms with Crippen LogP contribution in [0.4, 0.5) is 0 Å². The first-order valence-electron chi connectivity index (χ1n) is 28.2. The van der Waals surface area contributed by atoms with Gasteiger partial charge in [0.05, 0.1) is 13.2 Å². The summed E-state index contributed by atoms with van der Waals surface area (Å²) in [6, 6.07) is -1.38. The molecule has 0 aliphatic rings. The van der Waals surface area contributed by atoms with Crippen LogP contribution in [0.3, 0.4) is 0 Å². The van der Waals surface area contributed by atoms with E-state index in [-0.39, 0.29) is 24.5 Å². The van der Waals surface area contributed by atoms with Crippen molar-refractivity contribution in [3.63, 3.8) is 0 Å². The molecule has 0 aromatic heterocycles. The van der Waals surface area contributed by atoms with Crippen LogP contribution in [0.1, 0.15) is 290 Å². The zero-order valence-corrected chi connectivity index (χ0v) is 43.2. The lowest BCUT2D eigenvalue weighted by Crippen LogP contribution is -2.47. The SMILES string of the molecule is CCCCCCCCCC/C=C\CCCCCCCCCCCCCC(=O)OC(CCCCC/C=C\CCCCCCCCCC)CCCCCCCC(=O)NCC(=O)NC(CO)C(=O)O. The Bertz CT molecular complexity index is 1160. The Morgan fingerprint density at radius 3 is 1.15 bits per heavy atom. The third-order valence-electron chi connectivity index (χ3n) is 12.9. The molecule has 66 heavy (non-hydrogen) atoms. The standard InChI is InChI=1S/C57H106N2O7/c1-3-5-7-9-11-13-15-17-19-20-21-22-23-24-25-26-28-30-32-34-36-41-45-49-56(63)66-52(46-42-38-35-33-31-29-27-18-16-14-12-10-8-6-4-2)47-43-39-37-40-44-48-54(61)58-50-55(62)59-53(51-60)57(64)65/h20-21,29,31,52-53,60H,3-19,22-28,30,32-51H2,1-2H3,(H,58,61)(H,59,62)(H,64,65)/b21-20-,31-29-. The van der Waals surface area contributed by atoms with Crippen LogP contribution < -0.4 is 10.6 Å². The number of allylic oxidation sites excluding steroid dienone is 4. The fourth-order valence-corrected chi connectivity index (χ4v) is 8.59. The van der Waals surface area contributed by atoms with E-state index >= 15 is 0 Å². The molecule has 0 aromatic carbocycles. The predicted octanol–water partition coefficient (Wildman–Crippen LogP) is 15.5. The molecule has 0 heterocycles. The molecule has 0 spiro atoms. The van der Waals surface area contributed by atoms with Gasteiger partial charge in [-0.3, -0.25) is 14.4 Å². The topological polar surface area (TPSA) is 142 Å². The molecule has 0 aliphatic heterocycles. The fourth-order valence-electron chi connectivity index (χ4n) is 8.59. The number of carbonyl (C=O) groups is 4. The van der Waals surface area contributed by atoms with Crippen LogP contribution in [-0.4, -0.2) is 59.3 Å². The molecule has 0 saturated heterocycles. The maximum atomic E-state index is 12.9. The van der Waals surface area contributed by atoms with Crippen LogP contribution in [0.25, 0.3) is 0 Å². The van der Waals surface area contributed by atoms with E-state index in [2.05, 4.69) is 48.8 Å². The molecule has 0 saturated carbocycles. The molecule has 0 radical (unpaired) electrons. The molecule has 2 unspecified atom stereocenters. The lowest BCUT2D eigenvalue weighted by atomic mass is 10.0. The molecule has 9 nitrogen and oxygen atoms in total. The van der Waals surface area contributed by atoms with Crippen LogP contribution in [0.2, 0.25) is 0 Å². The second-order valence-corrected chi connectivity index (χ2v) is 19.4. The van der Waals surface area contributed by atoms with E-state index in [1.807, 2.05) is 0 Å². The third-order valence-corrected chi connectivity index (χ3v) is 12.9. The van der Waals surface area contributed by atoms with Gasteiger partial charge in [-0.15, -0.1) is 0 Å². The molecular formula is C57H106N2O7. The molecule has 4 N–H and O–H groups in total. The number of ether oxygens (including phenoxy) is 1. The molecular weight excluding hydrogens is 825 g/mol. The van der Waals surface area contributed by atoms with Crippen molar-refractivity contribution in [2.24, 2.45) is 0 Å². The van der Waals surface area contributed by atoms with E-state index in [1.165, 1.54) is 186 Å². The normalized spacial score (nSPS) is 12.5. The molecule has 0 aliphatic carbocycles. The van der Waals surface area contributed by atoms with Gasteiger partial charge in [0.15, 0.2) is 0 Å². The highest BCUT2D eigenvalue weighted by Crippen LogP contribution is 2.19. The van der Waals surface area contributed by atoms with Crippen LogP contribution in [-0.2, 0) is 23.9 Å². The van der Waals surface area contributed by atoms with Gasteiger partial charge in [-0.1, -0.05) is 212 Å². The van der Waals surface area contributed by atoms with Gasteiger partial charge in [0.25, 0.3) is 0 Å². The molecule has 0 aromatic rings. The molecule has 0 bridgehead atoms. The Balaban J connectivity index is 4.23. The molecule has 2 atom stereocenters. The highest BCUT2D eigenvalue weighted by molar-refractivity contribution is 5.87. The van der Waals surface area contributed by atoms with E-state index in [9.17, 15) is 19.2 Å². The monoisotopic (exact) mass is 931 g/mol. The number of unbranched alkanes of at least 4 members (excludes halogenated alkanes) is 34. The van der Waals surface area contributed by atoms with Gasteiger partial charge in [0.1, 0.15) is 12.1 Å². The van der Waals surface area contributed by atoms with E-state index in [0.717, 1.165) is 70.6 Å². The van der Waals surface area contributed by atoms with Gasteiger partial charge in [-0.2, -0.15) is 0 Å². The van der Waals surface area contributed by atoms with Crippen LogP contribution in [0, 0.1) is 0 Å². The smallest absolute Gasteiger partial charge is 0.328 e. The number of nitrogens with one attached hydrogen (secondary N) is 2. The summed E-state index contributed by atoms with van der Waals surface area (Å²) in [5, 5.41) is 22.7. The van der Waals surface area contributed by atoms with Crippen molar-refractivity contribution in [2.45, 2.75) is 302 Å². The summed E-state index contributed by atoms with van der Waals surface area (Å²) < 4.78 is 6.08. The number of carbonyl (C=O) groups excluding carboxylic acids is 3. The largest absolute Gasteiger partial charge is 0.480 e. The van der Waals surface area contributed by atoms with Crippen molar-refractivity contribution < 1.29 is 34.1 Å². The molecule has 9 heteroatoms. The van der Waals surface area contributed by atoms with Gasteiger partial charge in [0, 0.05) is 12.8 Å². The quantitative estimate of drug-likeness (QED) is 0.0270. The third kappa shape index (κ3) is 47.8. The number of aliphatic hydroxyl groups excluding tert-OH is 1. The first kappa shape index (κ1) is 63.3. The fraction of sp³-hybridized carbons (Fsp3) is 0.860. The highest BCUT2D eigenvalue weighted by Gasteiger charge is 2.19. The Morgan fingerprint density at radius 2 is 0.773 bits per heavy atom. The van der Waals surface area contributed by atoms with Crippen molar-refractivity contribution in [1.29, 1.82) is 0 Å². The molecule has 0 rings (SSSR count). The number of rotatable bonds is 52. The highest BCUT2D eigenvalue weighted by atomic mass is 16.5. The van der Waals surface area contributed by atoms with Crippen molar-refractivity contribution in [1.82, 2.24) is 10.6 Å². The van der Waals surface area contributed by atoms with Gasteiger partial charge < -0.3 is 25.6 Å². The summed E-state index contributed by atoms with van der Waals surface area (Å²) in [6.45, 7) is 3.52. The Labute approximate surface area is 406 Å². The number of hydrogen-bond donors (Lipinski definition) is 4. The summed E-state index contributed by atoms with van der Waals surface area (Å²) in [4.78, 5) is 47.9. The number of aliphatic carboxylic acids is 1. The van der Waals surface area contributed by atoms with E-state index < -0.39 is 24.5 Å². The summed E-state index contributed by atoms with van der Waals surface area (Å²) >= 11 is 0. The Morgan fingerprint density at radius 1 is 0.439 bits per heavy atom. The van der Waals surface area contributed by atoms with E-state index in [4.69, 9.17) is 14.9 Å². The van der Waals surface area contributed by atoms with Gasteiger partial charge in [-0.05, 0) is 89.9 Å². The number of aliphatic hydroxyl groups is 1. The maximum absolute atomic E-state index is 12.9. The van der Waals surface area contributed by atoms with E-state index in [0.29, 0.717) is 19.3 Å². The minimum atomic E-state index is -1.38. The zero-order valence-electron chi connectivity index (χ0n) is 43.2. The van der Waals surface area contributed by atoms with Crippen LogP contribution in [0.15, 0.2) is 24.3 Å². The minimum Gasteiger partial charge on any atom is -0.480 e. The van der Waals surface area contributed by atoms with Crippen molar-refractivity contribution in [3.05, 3.63) is 24.3 Å². The first-order chi connectivity index (χ1) is 32.3. The van der Waals surface area contributed by atoms with Gasteiger partial charge >= 0.3 is 11.9 Å². The Kier molecular flexibility index (Phi) is 49.6. The number of amides is 2. The second kappa shape index (κ2) is 51.7. The van der Waals surface area contributed by atoms with E-state index in [1.54, 1.807) is 0 Å². The number of carboxylic acids is 1. The maximum Gasteiger partial charge on any atom is 0.328 e. The summed E-state index contributed by atoms with van der Waals surface area (Å²) in [7, 11) is 0. The number of esters is 1. The summed E-state index contributed by atoms with van der Waals surface area (Å²) in [5.41, 5.74) is 0.